The van der Waals surface area contributed by atoms with Crippen LogP contribution in [-0.2, 0) is 11.2 Å². The van der Waals surface area contributed by atoms with E-state index in [0.29, 0.717) is 18.0 Å². The van der Waals surface area contributed by atoms with E-state index < -0.39 is 11.4 Å². The van der Waals surface area contributed by atoms with Crippen LogP contribution in [0.4, 0.5) is 0 Å². The molecule has 1 aliphatic rings. The quantitative estimate of drug-likeness (QED) is 0.869. The van der Waals surface area contributed by atoms with Crippen LogP contribution in [0.5, 0.6) is 0 Å². The first-order valence-corrected chi connectivity index (χ1v) is 6.19. The van der Waals surface area contributed by atoms with E-state index in [-0.39, 0.29) is 0 Å². The summed E-state index contributed by atoms with van der Waals surface area (Å²) in [5, 5.41) is 13.3. The smallest absolute Gasteiger partial charge is 0.311 e. The lowest BCUT2D eigenvalue weighted by molar-refractivity contribution is -0.150. The normalized spacial score (nSPS) is 24.5. The summed E-state index contributed by atoms with van der Waals surface area (Å²) >= 11 is 5.82. The minimum absolute atomic E-state index is 0.547. The lowest BCUT2D eigenvalue weighted by Gasteiger charge is -2.33. The van der Waals surface area contributed by atoms with E-state index >= 15 is 0 Å². The molecule has 0 bridgehead atoms. The third-order valence-electron chi connectivity index (χ3n) is 3.38. The standard InChI is InChI=1S/C13H16ClNO2/c14-11-4-2-10(3-5-11)8-13(12(16)17)6-1-7-15-9-13/h2-5,15H,1,6-9H2,(H,16,17). The molecule has 4 heteroatoms. The topological polar surface area (TPSA) is 49.3 Å². The zero-order valence-corrected chi connectivity index (χ0v) is 10.3. The van der Waals surface area contributed by atoms with Crippen molar-refractivity contribution < 1.29 is 9.90 Å². The summed E-state index contributed by atoms with van der Waals surface area (Å²) in [6, 6.07) is 7.43. The van der Waals surface area contributed by atoms with Gasteiger partial charge in [0.05, 0.1) is 5.41 Å². The molecule has 1 unspecified atom stereocenters. The maximum atomic E-state index is 11.5. The molecule has 92 valence electrons. The maximum Gasteiger partial charge on any atom is 0.311 e. The first-order chi connectivity index (χ1) is 8.12. The molecule has 2 N–H and O–H groups in total. The first-order valence-electron chi connectivity index (χ1n) is 5.81. The highest BCUT2D eigenvalue weighted by atomic mass is 35.5. The Hall–Kier alpha value is -1.06. The average molecular weight is 254 g/mol. The van der Waals surface area contributed by atoms with Crippen LogP contribution in [0.25, 0.3) is 0 Å². The predicted octanol–water partition coefficient (Wildman–Crippen LogP) is 2.34. The number of aliphatic carboxylic acids is 1. The molecule has 1 saturated heterocycles. The average Bonchev–Trinajstić information content (AvgIpc) is 2.33. The molecule has 1 aromatic rings. The van der Waals surface area contributed by atoms with Gasteiger partial charge in [-0.2, -0.15) is 0 Å². The zero-order valence-electron chi connectivity index (χ0n) is 9.58. The molecule has 17 heavy (non-hydrogen) atoms. The van der Waals surface area contributed by atoms with Crippen LogP contribution in [0, 0.1) is 5.41 Å². The van der Waals surface area contributed by atoms with Crippen LogP contribution in [0.3, 0.4) is 0 Å². The summed E-state index contributed by atoms with van der Waals surface area (Å²) in [6.45, 7) is 1.46. The number of carbonyl (C=O) groups is 1. The summed E-state index contributed by atoms with van der Waals surface area (Å²) in [6.07, 6.45) is 2.21. The molecule has 3 nitrogen and oxygen atoms in total. The summed E-state index contributed by atoms with van der Waals surface area (Å²) in [5.41, 5.74) is 0.368. The number of halogens is 1. The fourth-order valence-electron chi connectivity index (χ4n) is 2.37. The molecule has 0 aromatic heterocycles. The van der Waals surface area contributed by atoms with E-state index in [0.717, 1.165) is 24.9 Å². The van der Waals surface area contributed by atoms with Crippen molar-refractivity contribution in [3.8, 4) is 0 Å². The van der Waals surface area contributed by atoms with Crippen molar-refractivity contribution in [1.82, 2.24) is 5.32 Å². The van der Waals surface area contributed by atoms with Crippen LogP contribution in [0.2, 0.25) is 5.02 Å². The van der Waals surface area contributed by atoms with Gasteiger partial charge in [-0.15, -0.1) is 0 Å². The zero-order chi connectivity index (χ0) is 12.3. The maximum absolute atomic E-state index is 11.5. The van der Waals surface area contributed by atoms with Gasteiger partial charge in [0.1, 0.15) is 0 Å². The number of nitrogens with one attached hydrogen (secondary N) is 1. The highest BCUT2D eigenvalue weighted by molar-refractivity contribution is 6.30. The lowest BCUT2D eigenvalue weighted by atomic mass is 9.76. The Morgan fingerprint density at radius 1 is 1.41 bits per heavy atom. The summed E-state index contributed by atoms with van der Waals surface area (Å²) in [7, 11) is 0. The molecule has 1 aromatic carbocycles. The predicted molar refractivity (Wildman–Crippen MR) is 67.3 cm³/mol. The Kier molecular flexibility index (Phi) is 3.69. The highest BCUT2D eigenvalue weighted by Crippen LogP contribution is 2.31. The number of piperidine rings is 1. The lowest BCUT2D eigenvalue weighted by Crippen LogP contribution is -2.46. The van der Waals surface area contributed by atoms with Crippen LogP contribution in [0.1, 0.15) is 18.4 Å². The molecule has 0 amide bonds. The van der Waals surface area contributed by atoms with Gasteiger partial charge in [0.25, 0.3) is 0 Å². The van der Waals surface area contributed by atoms with E-state index in [4.69, 9.17) is 11.6 Å². The Morgan fingerprint density at radius 2 is 2.12 bits per heavy atom. The Bertz CT molecular complexity index is 396. The van der Waals surface area contributed by atoms with Gasteiger partial charge < -0.3 is 10.4 Å². The largest absolute Gasteiger partial charge is 0.481 e. The number of carboxylic acid groups (broad SMARTS) is 1. The van der Waals surface area contributed by atoms with E-state index in [1.165, 1.54) is 0 Å². The minimum Gasteiger partial charge on any atom is -0.481 e. The van der Waals surface area contributed by atoms with Gasteiger partial charge in [-0.1, -0.05) is 23.7 Å². The summed E-state index contributed by atoms with van der Waals surface area (Å²) in [5.74, 6) is -0.709. The highest BCUT2D eigenvalue weighted by Gasteiger charge is 2.39. The van der Waals surface area contributed by atoms with Gasteiger partial charge in [-0.05, 0) is 43.5 Å². The number of rotatable bonds is 3. The monoisotopic (exact) mass is 253 g/mol. The van der Waals surface area contributed by atoms with Crippen LogP contribution >= 0.6 is 11.6 Å². The second-order valence-electron chi connectivity index (χ2n) is 4.67. The molecule has 1 aliphatic heterocycles. The van der Waals surface area contributed by atoms with Crippen molar-refractivity contribution in [2.75, 3.05) is 13.1 Å². The molecular weight excluding hydrogens is 238 g/mol. The molecule has 0 aliphatic carbocycles. The van der Waals surface area contributed by atoms with Crippen LogP contribution in [0.15, 0.2) is 24.3 Å². The fraction of sp³-hybridized carbons (Fsp3) is 0.462. The Labute approximate surface area is 106 Å². The second-order valence-corrected chi connectivity index (χ2v) is 5.11. The SMILES string of the molecule is O=C(O)C1(Cc2ccc(Cl)cc2)CCCNC1. The summed E-state index contributed by atoms with van der Waals surface area (Å²) in [4.78, 5) is 11.5. The van der Waals surface area contributed by atoms with E-state index in [2.05, 4.69) is 5.32 Å². The first kappa shape index (κ1) is 12.4. The van der Waals surface area contributed by atoms with Gasteiger partial charge in [0.2, 0.25) is 0 Å². The van der Waals surface area contributed by atoms with Crippen molar-refractivity contribution in [3.63, 3.8) is 0 Å². The fourth-order valence-corrected chi connectivity index (χ4v) is 2.50. The van der Waals surface area contributed by atoms with Gasteiger partial charge in [0.15, 0.2) is 0 Å². The van der Waals surface area contributed by atoms with E-state index in [9.17, 15) is 9.90 Å². The van der Waals surface area contributed by atoms with E-state index in [1.54, 1.807) is 0 Å². The molecule has 0 spiro atoms. The van der Waals surface area contributed by atoms with Gasteiger partial charge in [-0.25, -0.2) is 0 Å². The minimum atomic E-state index is -0.709. The van der Waals surface area contributed by atoms with Crippen molar-refractivity contribution >= 4 is 17.6 Å². The number of hydrogen-bond acceptors (Lipinski definition) is 2. The van der Waals surface area contributed by atoms with E-state index in [1.807, 2.05) is 24.3 Å². The molecule has 1 heterocycles. The molecule has 0 saturated carbocycles. The van der Waals surface area contributed by atoms with Crippen molar-refractivity contribution in [2.24, 2.45) is 5.41 Å². The van der Waals surface area contributed by atoms with Gasteiger partial charge in [-0.3, -0.25) is 4.79 Å². The Balaban J connectivity index is 2.17. The molecular formula is C13H16ClNO2. The second kappa shape index (κ2) is 5.07. The molecule has 0 radical (unpaired) electrons. The number of hydrogen-bond donors (Lipinski definition) is 2. The summed E-state index contributed by atoms with van der Waals surface area (Å²) < 4.78 is 0. The number of carboxylic acids is 1. The van der Waals surface area contributed by atoms with Gasteiger partial charge in [0, 0.05) is 11.6 Å². The van der Waals surface area contributed by atoms with Crippen LogP contribution < -0.4 is 5.32 Å². The van der Waals surface area contributed by atoms with Gasteiger partial charge >= 0.3 is 5.97 Å². The van der Waals surface area contributed by atoms with Crippen LogP contribution in [-0.4, -0.2) is 24.2 Å². The van der Waals surface area contributed by atoms with Crippen molar-refractivity contribution in [2.45, 2.75) is 19.3 Å². The molecule has 2 rings (SSSR count). The third-order valence-corrected chi connectivity index (χ3v) is 3.63. The molecule has 1 atom stereocenters. The molecule has 1 fully saturated rings. The third kappa shape index (κ3) is 2.79. The Morgan fingerprint density at radius 3 is 2.65 bits per heavy atom. The van der Waals surface area contributed by atoms with Crippen molar-refractivity contribution in [1.29, 1.82) is 0 Å². The van der Waals surface area contributed by atoms with Crippen molar-refractivity contribution in [3.05, 3.63) is 34.9 Å². The number of benzene rings is 1.